The molecule has 2 aromatic carbocycles. The number of carboxylic acid groups (broad SMARTS) is 1. The number of hydrogen-bond acceptors (Lipinski definition) is 5. The Morgan fingerprint density at radius 2 is 1.97 bits per heavy atom. The zero-order valence-corrected chi connectivity index (χ0v) is 20.1. The molecule has 3 heterocycles. The number of aliphatic carboxylic acids is 1. The van der Waals surface area contributed by atoms with Gasteiger partial charge in [-0.1, -0.05) is 30.3 Å². The molecule has 1 atom stereocenters. The van der Waals surface area contributed by atoms with Crippen molar-refractivity contribution < 1.29 is 32.5 Å². The highest BCUT2D eigenvalue weighted by atomic mass is 32.1. The first kappa shape index (κ1) is 24.4. The third-order valence-corrected chi connectivity index (χ3v) is 7.47. The van der Waals surface area contributed by atoms with Gasteiger partial charge in [0.15, 0.2) is 0 Å². The molecule has 1 N–H and O–H groups in total. The molecule has 2 aliphatic heterocycles. The van der Waals surface area contributed by atoms with Crippen LogP contribution in [0.15, 0.2) is 60.2 Å². The number of carbonyl (C=O) groups is 1. The zero-order chi connectivity index (χ0) is 25.3. The molecule has 1 aromatic heterocycles. The summed E-state index contributed by atoms with van der Waals surface area (Å²) in [6.45, 7) is 2.35. The fourth-order valence-electron chi connectivity index (χ4n) is 4.55. The van der Waals surface area contributed by atoms with Crippen molar-refractivity contribution >= 4 is 23.4 Å². The first-order valence-electron chi connectivity index (χ1n) is 11.6. The second-order valence-electron chi connectivity index (χ2n) is 8.96. The summed E-state index contributed by atoms with van der Waals surface area (Å²) in [4.78, 5) is 13.1. The van der Waals surface area contributed by atoms with Crippen molar-refractivity contribution in [2.24, 2.45) is 5.92 Å². The summed E-state index contributed by atoms with van der Waals surface area (Å²) in [6.07, 6.45) is -1.75. The SMILES string of the molecule is O=C(O)C1CCN(CC2=Cc3ccc(OCc4cc(-c5ccccc5)c(C(F)(F)F)s4)cc3OC2)C1. The molecular weight excluding hydrogens is 491 g/mol. The Hall–Kier alpha value is -3.30. The van der Waals surface area contributed by atoms with Crippen LogP contribution >= 0.6 is 11.3 Å². The number of likely N-dealkylation sites (tertiary alicyclic amines) is 1. The second-order valence-corrected chi connectivity index (χ2v) is 10.1. The molecule has 9 heteroatoms. The molecule has 0 spiro atoms. The first-order valence-corrected chi connectivity index (χ1v) is 12.4. The van der Waals surface area contributed by atoms with E-state index >= 15 is 0 Å². The Bertz CT molecular complexity index is 1290. The van der Waals surface area contributed by atoms with E-state index in [9.17, 15) is 23.1 Å². The lowest BCUT2D eigenvalue weighted by atomic mass is 10.1. The van der Waals surface area contributed by atoms with Gasteiger partial charge in [0.05, 0.1) is 5.92 Å². The van der Waals surface area contributed by atoms with E-state index in [4.69, 9.17) is 9.47 Å². The molecule has 3 aromatic rings. The minimum Gasteiger partial charge on any atom is -0.488 e. The zero-order valence-electron chi connectivity index (χ0n) is 19.3. The van der Waals surface area contributed by atoms with E-state index in [1.807, 2.05) is 12.1 Å². The van der Waals surface area contributed by atoms with Crippen LogP contribution in [0, 0.1) is 5.92 Å². The molecule has 5 nitrogen and oxygen atoms in total. The number of rotatable bonds is 7. The van der Waals surface area contributed by atoms with Crippen LogP contribution in [0.5, 0.6) is 11.5 Å². The van der Waals surface area contributed by atoms with Gasteiger partial charge in [0.1, 0.15) is 29.6 Å². The van der Waals surface area contributed by atoms with E-state index in [0.29, 0.717) is 59.4 Å². The Balaban J connectivity index is 1.25. The smallest absolute Gasteiger partial charge is 0.426 e. The summed E-state index contributed by atoms with van der Waals surface area (Å²) < 4.78 is 52.6. The summed E-state index contributed by atoms with van der Waals surface area (Å²) in [5.41, 5.74) is 2.63. The van der Waals surface area contributed by atoms with Gasteiger partial charge in [-0.15, -0.1) is 11.3 Å². The van der Waals surface area contributed by atoms with E-state index in [-0.39, 0.29) is 18.1 Å². The van der Waals surface area contributed by atoms with Crippen molar-refractivity contribution in [2.75, 3.05) is 26.2 Å². The van der Waals surface area contributed by atoms with E-state index in [0.717, 1.165) is 17.7 Å². The van der Waals surface area contributed by atoms with Crippen molar-refractivity contribution in [2.45, 2.75) is 19.2 Å². The standard InChI is InChI=1S/C27H24F3NO4S/c28-27(29,30)25-23(18-4-2-1-3-5-18)12-22(36-25)16-34-21-7-6-19-10-17(15-35-24(19)11-21)13-31-9-8-20(14-31)26(32)33/h1-7,10-12,20H,8-9,13-16H2,(H,32,33). The summed E-state index contributed by atoms with van der Waals surface area (Å²) in [5.74, 6) is 0.0880. The maximum absolute atomic E-state index is 13.6. The number of alkyl halides is 3. The quantitative estimate of drug-likeness (QED) is 0.406. The summed E-state index contributed by atoms with van der Waals surface area (Å²) in [6, 6.07) is 15.5. The predicted molar refractivity (Wildman–Crippen MR) is 131 cm³/mol. The van der Waals surface area contributed by atoms with Gasteiger partial charge in [-0.25, -0.2) is 0 Å². The van der Waals surface area contributed by atoms with Crippen LogP contribution < -0.4 is 9.47 Å². The van der Waals surface area contributed by atoms with Gasteiger partial charge < -0.3 is 14.6 Å². The summed E-state index contributed by atoms with van der Waals surface area (Å²) in [7, 11) is 0. The summed E-state index contributed by atoms with van der Waals surface area (Å²) >= 11 is 0.694. The minimum atomic E-state index is -4.44. The largest absolute Gasteiger partial charge is 0.488 e. The molecule has 0 amide bonds. The number of thiophene rings is 1. The van der Waals surface area contributed by atoms with Crippen LogP contribution in [-0.2, 0) is 17.6 Å². The normalized spacial score (nSPS) is 17.9. The highest BCUT2D eigenvalue weighted by Crippen LogP contribution is 2.43. The van der Waals surface area contributed by atoms with Crippen molar-refractivity contribution in [1.82, 2.24) is 4.90 Å². The van der Waals surface area contributed by atoms with Gasteiger partial charge in [-0.3, -0.25) is 9.69 Å². The van der Waals surface area contributed by atoms with Crippen LogP contribution in [0.4, 0.5) is 13.2 Å². The molecule has 0 radical (unpaired) electrons. The second kappa shape index (κ2) is 9.99. The lowest BCUT2D eigenvalue weighted by Crippen LogP contribution is -2.27. The van der Waals surface area contributed by atoms with Gasteiger partial charge in [0, 0.05) is 35.2 Å². The fourth-order valence-corrected chi connectivity index (χ4v) is 5.51. The first-order chi connectivity index (χ1) is 17.3. The lowest BCUT2D eigenvalue weighted by Gasteiger charge is -2.22. The van der Waals surface area contributed by atoms with Crippen LogP contribution in [-0.4, -0.2) is 42.2 Å². The third-order valence-electron chi connectivity index (χ3n) is 6.31. The molecule has 36 heavy (non-hydrogen) atoms. The number of ether oxygens (including phenoxy) is 2. The monoisotopic (exact) mass is 515 g/mol. The van der Waals surface area contributed by atoms with Crippen LogP contribution in [0.1, 0.15) is 21.7 Å². The average molecular weight is 516 g/mol. The van der Waals surface area contributed by atoms with Crippen molar-refractivity contribution in [3.8, 4) is 22.6 Å². The number of benzene rings is 2. The number of fused-ring (bicyclic) bond motifs is 1. The maximum Gasteiger partial charge on any atom is 0.426 e. The molecular formula is C27H24F3NO4S. The van der Waals surface area contributed by atoms with Crippen molar-refractivity contribution in [3.05, 3.63) is 75.5 Å². The minimum absolute atomic E-state index is 0.0140. The molecule has 0 saturated carbocycles. The van der Waals surface area contributed by atoms with Gasteiger partial charge in [-0.05, 0) is 48.4 Å². The van der Waals surface area contributed by atoms with Crippen molar-refractivity contribution in [3.63, 3.8) is 0 Å². The molecule has 188 valence electrons. The van der Waals surface area contributed by atoms with Crippen LogP contribution in [0.2, 0.25) is 0 Å². The number of nitrogens with zero attached hydrogens (tertiary/aromatic N) is 1. The molecule has 0 bridgehead atoms. The lowest BCUT2D eigenvalue weighted by molar-refractivity contribution is -0.141. The van der Waals surface area contributed by atoms with E-state index < -0.39 is 17.0 Å². The van der Waals surface area contributed by atoms with Crippen LogP contribution in [0.25, 0.3) is 17.2 Å². The Kier molecular flexibility index (Phi) is 6.77. The van der Waals surface area contributed by atoms with Crippen LogP contribution in [0.3, 0.4) is 0 Å². The Morgan fingerprint density at radius 1 is 1.17 bits per heavy atom. The van der Waals surface area contributed by atoms with Gasteiger partial charge in [0.25, 0.3) is 0 Å². The van der Waals surface area contributed by atoms with Gasteiger partial charge in [0.2, 0.25) is 0 Å². The average Bonchev–Trinajstić information content (AvgIpc) is 3.51. The molecule has 1 fully saturated rings. The highest BCUT2D eigenvalue weighted by molar-refractivity contribution is 7.12. The number of halogens is 3. The number of carboxylic acids is 1. The fraction of sp³-hybridized carbons (Fsp3) is 0.296. The van der Waals surface area contributed by atoms with Crippen molar-refractivity contribution in [1.29, 1.82) is 0 Å². The topological polar surface area (TPSA) is 59.0 Å². The maximum atomic E-state index is 13.6. The molecule has 0 aliphatic carbocycles. The Morgan fingerprint density at radius 3 is 2.69 bits per heavy atom. The van der Waals surface area contributed by atoms with E-state index in [2.05, 4.69) is 4.90 Å². The Labute approximate surface area is 210 Å². The molecule has 5 rings (SSSR count). The van der Waals surface area contributed by atoms with E-state index in [1.165, 1.54) is 0 Å². The molecule has 1 unspecified atom stereocenters. The van der Waals surface area contributed by atoms with Gasteiger partial charge >= 0.3 is 12.1 Å². The molecule has 2 aliphatic rings. The predicted octanol–water partition coefficient (Wildman–Crippen LogP) is 6.20. The molecule has 1 saturated heterocycles. The highest BCUT2D eigenvalue weighted by Gasteiger charge is 2.36. The van der Waals surface area contributed by atoms with E-state index in [1.54, 1.807) is 48.5 Å². The summed E-state index contributed by atoms with van der Waals surface area (Å²) in [5, 5.41) is 9.18. The third kappa shape index (κ3) is 5.42. The van der Waals surface area contributed by atoms with Gasteiger partial charge in [-0.2, -0.15) is 13.2 Å². The number of hydrogen-bond donors (Lipinski definition) is 1.